The van der Waals surface area contributed by atoms with Crippen molar-refractivity contribution < 1.29 is 18.8 Å². The predicted octanol–water partition coefficient (Wildman–Crippen LogP) is 4.44. The van der Waals surface area contributed by atoms with Crippen molar-refractivity contribution in [1.29, 1.82) is 0 Å². The number of hydrogen-bond acceptors (Lipinski definition) is 5. The monoisotopic (exact) mass is 481 g/mol. The zero-order chi connectivity index (χ0) is 24.0. The number of aromatic nitrogens is 1. The highest BCUT2D eigenvalue weighted by Gasteiger charge is 2.17. The number of nitrogens with one attached hydrogen (secondary N) is 2. The number of carbonyl (C=O) groups is 1. The molecular formula is C26H31N3O4S. The molecule has 3 rings (SSSR count). The van der Waals surface area contributed by atoms with Crippen LogP contribution in [0.1, 0.15) is 31.2 Å². The number of aliphatic carboxylic acids is 1. The van der Waals surface area contributed by atoms with Crippen LogP contribution >= 0.6 is 0 Å². The van der Waals surface area contributed by atoms with Crippen molar-refractivity contribution in [3.63, 3.8) is 0 Å². The van der Waals surface area contributed by atoms with Gasteiger partial charge >= 0.3 is 5.97 Å². The van der Waals surface area contributed by atoms with Crippen LogP contribution in [0.5, 0.6) is 5.75 Å². The molecule has 0 spiro atoms. The summed E-state index contributed by atoms with van der Waals surface area (Å²) in [6, 6.07) is 22.3. The molecule has 2 atom stereocenters. The summed E-state index contributed by atoms with van der Waals surface area (Å²) < 4.78 is 21.7. The number of rotatable bonds is 15. The van der Waals surface area contributed by atoms with Gasteiger partial charge in [0.05, 0.1) is 17.9 Å². The lowest BCUT2D eigenvalue weighted by Crippen LogP contribution is -2.33. The van der Waals surface area contributed by atoms with E-state index >= 15 is 0 Å². The van der Waals surface area contributed by atoms with Gasteiger partial charge in [0.1, 0.15) is 22.6 Å². The summed E-state index contributed by atoms with van der Waals surface area (Å²) in [7, 11) is -1.54. The molecule has 2 unspecified atom stereocenters. The van der Waals surface area contributed by atoms with Crippen LogP contribution in [0, 0.1) is 0 Å². The normalized spacial score (nSPS) is 12.6. The van der Waals surface area contributed by atoms with Crippen LogP contribution in [0.15, 0.2) is 83.9 Å². The second-order valence-corrected chi connectivity index (χ2v) is 9.12. The summed E-state index contributed by atoms with van der Waals surface area (Å²) in [5.74, 6) is 0.581. The topological polar surface area (TPSA) is 101 Å². The second-order valence-electron chi connectivity index (χ2n) is 7.88. The minimum atomic E-state index is -1.54. The number of hydrogen-bond donors (Lipinski definition) is 3. The summed E-state index contributed by atoms with van der Waals surface area (Å²) in [5, 5.41) is 12.5. The molecule has 0 radical (unpaired) electrons. The number of benzene rings is 2. The average molecular weight is 482 g/mol. The molecule has 1 heterocycles. The van der Waals surface area contributed by atoms with Crippen LogP contribution < -0.4 is 14.8 Å². The zero-order valence-electron chi connectivity index (χ0n) is 19.1. The van der Waals surface area contributed by atoms with Gasteiger partial charge in [0.25, 0.3) is 0 Å². The molecule has 0 aliphatic carbocycles. The van der Waals surface area contributed by atoms with E-state index in [4.69, 9.17) is 4.74 Å². The van der Waals surface area contributed by atoms with Crippen LogP contribution in [0.3, 0.4) is 0 Å². The fourth-order valence-electron chi connectivity index (χ4n) is 3.40. The number of carboxylic acids is 1. The van der Waals surface area contributed by atoms with Crippen molar-refractivity contribution in [3.8, 4) is 5.75 Å². The second kappa shape index (κ2) is 14.1. The molecule has 1 aromatic heterocycles. The van der Waals surface area contributed by atoms with Crippen molar-refractivity contribution >= 4 is 22.8 Å². The van der Waals surface area contributed by atoms with Gasteiger partial charge < -0.3 is 15.2 Å². The molecule has 0 saturated carbocycles. The number of carboxylic acid groups (broad SMARTS) is 1. The molecule has 3 N–H and O–H groups in total. The van der Waals surface area contributed by atoms with E-state index in [1.807, 2.05) is 54.6 Å². The van der Waals surface area contributed by atoms with E-state index in [1.54, 1.807) is 24.4 Å². The van der Waals surface area contributed by atoms with Gasteiger partial charge in [-0.2, -0.15) is 0 Å². The van der Waals surface area contributed by atoms with Crippen molar-refractivity contribution in [2.75, 3.05) is 18.5 Å². The van der Waals surface area contributed by atoms with Gasteiger partial charge in [0.2, 0.25) is 0 Å². The van der Waals surface area contributed by atoms with Gasteiger partial charge in [-0.3, -0.25) is 4.79 Å². The van der Waals surface area contributed by atoms with Gasteiger partial charge in [0.15, 0.2) is 0 Å². The zero-order valence-corrected chi connectivity index (χ0v) is 19.9. The van der Waals surface area contributed by atoms with Crippen molar-refractivity contribution in [1.82, 2.24) is 9.71 Å². The van der Waals surface area contributed by atoms with Gasteiger partial charge in [-0.1, -0.05) is 42.5 Å². The van der Waals surface area contributed by atoms with E-state index in [9.17, 15) is 14.1 Å². The standard InChI is InChI=1S/C26H31N3O4S/c30-26(31)19-22(15-14-21-9-2-1-3-10-21)29-34(32)24-12-8-11-23(20-24)33-18-7-6-17-28-25-13-4-5-16-27-25/h1-5,8-13,16,20,22,29H,6-7,14-15,17-19H2,(H,27,28)(H,30,31). The maximum atomic E-state index is 12.9. The smallest absolute Gasteiger partial charge is 0.304 e. The number of nitrogens with zero attached hydrogens (tertiary/aromatic N) is 1. The molecule has 0 aliphatic rings. The third-order valence-electron chi connectivity index (χ3n) is 5.15. The summed E-state index contributed by atoms with van der Waals surface area (Å²) in [6.45, 7) is 1.36. The highest BCUT2D eigenvalue weighted by molar-refractivity contribution is 7.83. The lowest BCUT2D eigenvalue weighted by molar-refractivity contribution is -0.137. The van der Waals surface area contributed by atoms with Crippen molar-refractivity contribution in [2.45, 2.75) is 43.0 Å². The third-order valence-corrected chi connectivity index (χ3v) is 6.38. The SMILES string of the molecule is O=C(O)CC(CCc1ccccc1)NS(=O)c1cccc(OCCCCNc2ccccn2)c1. The summed E-state index contributed by atoms with van der Waals surface area (Å²) in [5.41, 5.74) is 1.12. The van der Waals surface area contributed by atoms with E-state index in [1.165, 1.54) is 0 Å². The predicted molar refractivity (Wildman–Crippen MR) is 134 cm³/mol. The Hall–Kier alpha value is -3.23. The van der Waals surface area contributed by atoms with E-state index in [0.717, 1.165) is 30.8 Å². The van der Waals surface area contributed by atoms with Gasteiger partial charge in [0, 0.05) is 18.8 Å². The van der Waals surface area contributed by atoms with E-state index in [2.05, 4.69) is 15.0 Å². The Bertz CT molecular complexity index is 1030. The molecule has 0 aliphatic heterocycles. The number of anilines is 1. The fraction of sp³-hybridized carbons (Fsp3) is 0.308. The lowest BCUT2D eigenvalue weighted by Gasteiger charge is -2.17. The largest absolute Gasteiger partial charge is 0.494 e. The Balaban J connectivity index is 1.44. The first kappa shape index (κ1) is 25.4. The van der Waals surface area contributed by atoms with Gasteiger partial charge in [-0.15, -0.1) is 0 Å². The van der Waals surface area contributed by atoms with Crippen molar-refractivity contribution in [2.24, 2.45) is 0 Å². The molecule has 0 bridgehead atoms. The number of pyridine rings is 1. The van der Waals surface area contributed by atoms with Crippen LogP contribution in [0.25, 0.3) is 0 Å². The number of aryl methyl sites for hydroxylation is 1. The van der Waals surface area contributed by atoms with E-state index < -0.39 is 23.0 Å². The van der Waals surface area contributed by atoms with Crippen molar-refractivity contribution in [3.05, 3.63) is 84.6 Å². The average Bonchev–Trinajstić information content (AvgIpc) is 2.86. The number of unbranched alkanes of at least 4 members (excludes halogenated alkanes) is 1. The molecule has 0 fully saturated rings. The van der Waals surface area contributed by atoms with E-state index in [-0.39, 0.29) is 6.42 Å². The Morgan fingerprint density at radius 3 is 2.62 bits per heavy atom. The summed E-state index contributed by atoms with van der Waals surface area (Å²) in [4.78, 5) is 16.1. The minimum Gasteiger partial charge on any atom is -0.494 e. The number of ether oxygens (including phenoxy) is 1. The Kier molecular flexibility index (Phi) is 10.5. The summed E-state index contributed by atoms with van der Waals surface area (Å²) >= 11 is 0. The third kappa shape index (κ3) is 9.33. The first-order chi connectivity index (χ1) is 16.6. The fourth-order valence-corrected chi connectivity index (χ4v) is 4.46. The van der Waals surface area contributed by atoms with Crippen LogP contribution in [-0.2, 0) is 22.2 Å². The first-order valence-electron chi connectivity index (χ1n) is 11.4. The molecular weight excluding hydrogens is 450 g/mol. The molecule has 34 heavy (non-hydrogen) atoms. The molecule has 0 amide bonds. The van der Waals surface area contributed by atoms with E-state index in [0.29, 0.717) is 30.1 Å². The maximum Gasteiger partial charge on any atom is 0.304 e. The molecule has 8 heteroatoms. The highest BCUT2D eigenvalue weighted by Crippen LogP contribution is 2.17. The van der Waals surface area contributed by atoms with Gasteiger partial charge in [-0.05, 0) is 61.6 Å². The molecule has 2 aromatic carbocycles. The Morgan fingerprint density at radius 2 is 1.85 bits per heavy atom. The van der Waals surface area contributed by atoms with Crippen LogP contribution in [0.2, 0.25) is 0 Å². The lowest BCUT2D eigenvalue weighted by atomic mass is 10.0. The summed E-state index contributed by atoms with van der Waals surface area (Å²) in [6.07, 6.45) is 4.74. The van der Waals surface area contributed by atoms with Crippen LogP contribution in [0.4, 0.5) is 5.82 Å². The highest BCUT2D eigenvalue weighted by atomic mass is 32.2. The quantitative estimate of drug-likeness (QED) is 0.278. The Labute approximate surface area is 203 Å². The molecule has 7 nitrogen and oxygen atoms in total. The molecule has 180 valence electrons. The molecule has 3 aromatic rings. The molecule has 0 saturated heterocycles. The van der Waals surface area contributed by atoms with Crippen LogP contribution in [-0.4, -0.2) is 39.5 Å². The minimum absolute atomic E-state index is 0.0959. The first-order valence-corrected chi connectivity index (χ1v) is 12.6. The Morgan fingerprint density at radius 1 is 1.03 bits per heavy atom. The van der Waals surface area contributed by atoms with Gasteiger partial charge in [-0.25, -0.2) is 13.9 Å². The maximum absolute atomic E-state index is 12.9.